The van der Waals surface area contributed by atoms with E-state index in [9.17, 15) is 9.59 Å². The Labute approximate surface area is 97.0 Å². The molecule has 0 bridgehead atoms. The van der Waals surface area contributed by atoms with Gasteiger partial charge in [0.05, 0.1) is 19.7 Å². The number of hydrogen-bond donors (Lipinski definition) is 1. The molecule has 0 amide bonds. The lowest BCUT2D eigenvalue weighted by Crippen LogP contribution is -2.07. The zero-order valence-electron chi connectivity index (χ0n) is 9.44. The van der Waals surface area contributed by atoms with Gasteiger partial charge in [-0.3, -0.25) is 4.79 Å². The number of aromatic amines is 1. The van der Waals surface area contributed by atoms with Gasteiger partial charge in [-0.25, -0.2) is 4.79 Å². The zero-order chi connectivity index (χ0) is 12.4. The molecule has 0 aliphatic carbocycles. The number of carbonyl (C=O) groups is 1. The zero-order valence-corrected chi connectivity index (χ0v) is 9.44. The number of esters is 1. The molecule has 1 aromatic heterocycles. The van der Waals surface area contributed by atoms with Crippen molar-refractivity contribution in [3.05, 3.63) is 40.2 Å². The number of rotatable bonds is 2. The van der Waals surface area contributed by atoms with Crippen molar-refractivity contribution in [3.8, 4) is 5.75 Å². The van der Waals surface area contributed by atoms with E-state index in [1.807, 2.05) is 0 Å². The van der Waals surface area contributed by atoms with Crippen LogP contribution in [0.1, 0.15) is 10.4 Å². The van der Waals surface area contributed by atoms with Crippen LogP contribution in [0.2, 0.25) is 0 Å². The molecule has 88 valence electrons. The topological polar surface area (TPSA) is 68.4 Å². The maximum absolute atomic E-state index is 11.6. The molecule has 1 aromatic carbocycles. The number of benzene rings is 1. The van der Waals surface area contributed by atoms with E-state index in [2.05, 4.69) is 9.72 Å². The van der Waals surface area contributed by atoms with Gasteiger partial charge in [-0.15, -0.1) is 0 Å². The number of methoxy groups -OCH3 is 2. The summed E-state index contributed by atoms with van der Waals surface area (Å²) in [4.78, 5) is 26.0. The van der Waals surface area contributed by atoms with Gasteiger partial charge in [0.1, 0.15) is 11.3 Å². The first-order valence-corrected chi connectivity index (χ1v) is 4.95. The number of pyridine rings is 1. The number of ether oxygens (including phenoxy) is 2. The molecule has 0 spiro atoms. The normalized spacial score (nSPS) is 10.2. The van der Waals surface area contributed by atoms with Crippen LogP contribution in [0.25, 0.3) is 10.9 Å². The van der Waals surface area contributed by atoms with Crippen molar-refractivity contribution in [2.45, 2.75) is 0 Å². The second kappa shape index (κ2) is 4.29. The van der Waals surface area contributed by atoms with E-state index < -0.39 is 5.97 Å². The molecular formula is C12H11NO4. The van der Waals surface area contributed by atoms with Crippen molar-refractivity contribution in [1.82, 2.24) is 4.98 Å². The van der Waals surface area contributed by atoms with Gasteiger partial charge in [-0.1, -0.05) is 0 Å². The number of H-pyrrole nitrogens is 1. The Bertz CT molecular complexity index is 630. The summed E-state index contributed by atoms with van der Waals surface area (Å²) < 4.78 is 9.72. The first kappa shape index (κ1) is 11.2. The van der Waals surface area contributed by atoms with Crippen LogP contribution >= 0.6 is 0 Å². The van der Waals surface area contributed by atoms with Crippen LogP contribution in [0.4, 0.5) is 0 Å². The van der Waals surface area contributed by atoms with Crippen molar-refractivity contribution in [3.63, 3.8) is 0 Å². The van der Waals surface area contributed by atoms with Gasteiger partial charge >= 0.3 is 5.97 Å². The minimum absolute atomic E-state index is 0.131. The average Bonchev–Trinajstić information content (AvgIpc) is 2.37. The molecule has 0 unspecified atom stereocenters. The van der Waals surface area contributed by atoms with Gasteiger partial charge in [0, 0.05) is 17.6 Å². The van der Waals surface area contributed by atoms with Crippen LogP contribution in [0, 0.1) is 0 Å². The third kappa shape index (κ3) is 1.87. The van der Waals surface area contributed by atoms with Crippen LogP contribution in [0.3, 0.4) is 0 Å². The average molecular weight is 233 g/mol. The molecule has 2 aromatic rings. The number of hydrogen-bond acceptors (Lipinski definition) is 4. The molecule has 0 fully saturated rings. The summed E-state index contributed by atoms with van der Waals surface area (Å²) in [6, 6.07) is 4.49. The van der Waals surface area contributed by atoms with E-state index in [1.54, 1.807) is 6.07 Å². The predicted molar refractivity (Wildman–Crippen MR) is 62.5 cm³/mol. The summed E-state index contributed by atoms with van der Waals surface area (Å²) in [5.74, 6) is -0.186. The molecule has 0 atom stereocenters. The summed E-state index contributed by atoms with van der Waals surface area (Å²) in [7, 11) is 2.73. The standard InChI is InChI=1S/C12H11NO4/c1-16-11-6-7-9(13-4-3-10(7)14)5-8(11)12(15)17-2/h3-6H,1-2H3,(H,13,14). The summed E-state index contributed by atoms with van der Waals surface area (Å²) in [6.45, 7) is 0. The lowest BCUT2D eigenvalue weighted by Gasteiger charge is -2.08. The second-order valence-corrected chi connectivity index (χ2v) is 3.43. The Kier molecular flexibility index (Phi) is 2.82. The number of aromatic nitrogens is 1. The number of carbonyl (C=O) groups excluding carboxylic acids is 1. The monoisotopic (exact) mass is 233 g/mol. The Balaban J connectivity index is 2.78. The van der Waals surface area contributed by atoms with E-state index in [0.717, 1.165) is 0 Å². The smallest absolute Gasteiger partial charge is 0.341 e. The molecule has 17 heavy (non-hydrogen) atoms. The van der Waals surface area contributed by atoms with Gasteiger partial charge in [0.2, 0.25) is 0 Å². The van der Waals surface area contributed by atoms with Crippen LogP contribution in [0.5, 0.6) is 5.75 Å². The van der Waals surface area contributed by atoms with Crippen LogP contribution in [-0.2, 0) is 4.74 Å². The van der Waals surface area contributed by atoms with Crippen molar-refractivity contribution in [2.75, 3.05) is 14.2 Å². The van der Waals surface area contributed by atoms with E-state index in [1.165, 1.54) is 32.5 Å². The minimum Gasteiger partial charge on any atom is -0.496 e. The lowest BCUT2D eigenvalue weighted by atomic mass is 10.1. The van der Waals surface area contributed by atoms with Gasteiger partial charge in [0.15, 0.2) is 5.43 Å². The third-order valence-corrected chi connectivity index (χ3v) is 2.48. The van der Waals surface area contributed by atoms with E-state index >= 15 is 0 Å². The van der Waals surface area contributed by atoms with Crippen LogP contribution in [0.15, 0.2) is 29.2 Å². The Morgan fingerprint density at radius 3 is 2.71 bits per heavy atom. The molecule has 1 N–H and O–H groups in total. The van der Waals surface area contributed by atoms with E-state index in [-0.39, 0.29) is 11.0 Å². The first-order valence-electron chi connectivity index (χ1n) is 4.95. The number of nitrogens with one attached hydrogen (secondary N) is 1. The van der Waals surface area contributed by atoms with Gasteiger partial charge in [-0.05, 0) is 12.1 Å². The van der Waals surface area contributed by atoms with Crippen molar-refractivity contribution >= 4 is 16.9 Å². The Morgan fingerprint density at radius 2 is 2.06 bits per heavy atom. The predicted octanol–water partition coefficient (Wildman–Crippen LogP) is 1.32. The largest absolute Gasteiger partial charge is 0.496 e. The Morgan fingerprint density at radius 1 is 1.29 bits per heavy atom. The first-order chi connectivity index (χ1) is 8.17. The fourth-order valence-corrected chi connectivity index (χ4v) is 1.64. The molecule has 0 aliphatic rings. The quantitative estimate of drug-likeness (QED) is 0.794. The fourth-order valence-electron chi connectivity index (χ4n) is 1.64. The third-order valence-electron chi connectivity index (χ3n) is 2.48. The van der Waals surface area contributed by atoms with E-state index in [0.29, 0.717) is 16.7 Å². The molecule has 1 heterocycles. The van der Waals surface area contributed by atoms with Gasteiger partial charge in [0.25, 0.3) is 0 Å². The van der Waals surface area contributed by atoms with Crippen molar-refractivity contribution in [1.29, 1.82) is 0 Å². The summed E-state index contributed by atoms with van der Waals surface area (Å²) >= 11 is 0. The van der Waals surface area contributed by atoms with Gasteiger partial charge in [-0.2, -0.15) is 0 Å². The molecule has 0 saturated heterocycles. The highest BCUT2D eigenvalue weighted by atomic mass is 16.5. The fraction of sp³-hybridized carbons (Fsp3) is 0.167. The minimum atomic E-state index is -0.506. The summed E-state index contributed by atoms with van der Waals surface area (Å²) in [6.07, 6.45) is 1.53. The molecule has 2 rings (SSSR count). The number of fused-ring (bicyclic) bond motifs is 1. The highest BCUT2D eigenvalue weighted by molar-refractivity contribution is 5.97. The lowest BCUT2D eigenvalue weighted by molar-refractivity contribution is 0.0597. The van der Waals surface area contributed by atoms with Crippen molar-refractivity contribution in [2.24, 2.45) is 0 Å². The maximum atomic E-state index is 11.6. The molecule has 5 nitrogen and oxygen atoms in total. The SMILES string of the molecule is COC(=O)c1cc2[nH]ccc(=O)c2cc1OC. The molecular weight excluding hydrogens is 222 g/mol. The highest BCUT2D eigenvalue weighted by Gasteiger charge is 2.14. The molecule has 5 heteroatoms. The molecule has 0 aliphatic heterocycles. The summed E-state index contributed by atoms with van der Waals surface area (Å²) in [5, 5.41) is 0.469. The van der Waals surface area contributed by atoms with Crippen molar-refractivity contribution < 1.29 is 14.3 Å². The molecule has 0 radical (unpaired) electrons. The second-order valence-electron chi connectivity index (χ2n) is 3.43. The molecule has 0 saturated carbocycles. The van der Waals surface area contributed by atoms with Crippen LogP contribution < -0.4 is 10.2 Å². The van der Waals surface area contributed by atoms with Gasteiger partial charge < -0.3 is 14.5 Å². The van der Waals surface area contributed by atoms with Crippen LogP contribution in [-0.4, -0.2) is 25.2 Å². The summed E-state index contributed by atoms with van der Waals surface area (Å²) in [5.41, 5.74) is 0.719. The Hall–Kier alpha value is -2.30. The van der Waals surface area contributed by atoms with E-state index in [4.69, 9.17) is 4.74 Å². The maximum Gasteiger partial charge on any atom is 0.341 e. The highest BCUT2D eigenvalue weighted by Crippen LogP contribution is 2.23.